The summed E-state index contributed by atoms with van der Waals surface area (Å²) in [6, 6.07) is 12.7. The minimum absolute atomic E-state index is 0.122. The topological polar surface area (TPSA) is 72.2 Å². The van der Waals surface area contributed by atoms with Crippen LogP contribution in [0, 0.1) is 10.1 Å². The summed E-state index contributed by atoms with van der Waals surface area (Å²) < 4.78 is 0. The van der Waals surface area contributed by atoms with Crippen LogP contribution in [0.25, 0.3) is 0 Å². The van der Waals surface area contributed by atoms with E-state index >= 15 is 0 Å². The third-order valence-corrected chi connectivity index (χ3v) is 3.02. The van der Waals surface area contributed by atoms with E-state index < -0.39 is 10.8 Å². The largest absolute Gasteiger partial charge is 0.322 e. The van der Waals surface area contributed by atoms with Gasteiger partial charge in [0, 0.05) is 29.3 Å². The second kappa shape index (κ2) is 6.16. The number of hydrogen-bond acceptors (Lipinski definition) is 3. The summed E-state index contributed by atoms with van der Waals surface area (Å²) in [5.41, 5.74) is 1.49. The maximum Gasteiger partial charge on any atom is 0.270 e. The lowest BCUT2D eigenvalue weighted by molar-refractivity contribution is -0.384. The lowest BCUT2D eigenvalue weighted by Crippen LogP contribution is -2.13. The highest BCUT2D eigenvalue weighted by Gasteiger charge is 2.12. The van der Waals surface area contributed by atoms with E-state index in [-0.39, 0.29) is 17.1 Å². The second-order valence-corrected chi connectivity index (χ2v) is 4.32. The van der Waals surface area contributed by atoms with E-state index in [4.69, 9.17) is 11.6 Å². The Kier molecular flexibility index (Phi) is 4.32. The zero-order valence-corrected chi connectivity index (χ0v) is 11.1. The number of nitro groups is 1. The number of halogens is 1. The van der Waals surface area contributed by atoms with Crippen LogP contribution in [0.4, 0.5) is 11.4 Å². The lowest BCUT2D eigenvalue weighted by atomic mass is 10.1. The Hall–Kier alpha value is -2.40. The van der Waals surface area contributed by atoms with Crippen molar-refractivity contribution in [3.8, 4) is 0 Å². The molecule has 0 aliphatic carbocycles. The van der Waals surface area contributed by atoms with Crippen LogP contribution >= 0.6 is 11.6 Å². The van der Waals surface area contributed by atoms with Crippen LogP contribution in [0.5, 0.6) is 0 Å². The van der Waals surface area contributed by atoms with E-state index in [0.29, 0.717) is 5.69 Å². The number of para-hydroxylation sites is 1. The Balaban J connectivity index is 2.24. The molecule has 2 aromatic rings. The zero-order chi connectivity index (χ0) is 14.5. The van der Waals surface area contributed by atoms with Crippen LogP contribution in [0.15, 0.2) is 48.5 Å². The smallest absolute Gasteiger partial charge is 0.270 e. The normalized spacial score (nSPS) is 10.1. The van der Waals surface area contributed by atoms with Gasteiger partial charge in [0.2, 0.25) is 0 Å². The molecule has 0 bridgehead atoms. The number of rotatable bonds is 4. The van der Waals surface area contributed by atoms with Crippen molar-refractivity contribution in [2.75, 3.05) is 5.32 Å². The van der Waals surface area contributed by atoms with E-state index in [1.807, 2.05) is 6.07 Å². The molecule has 0 unspecified atom stereocenters. The maximum absolute atomic E-state index is 12.1. The summed E-state index contributed by atoms with van der Waals surface area (Å²) in [7, 11) is 0. The molecule has 5 nitrogen and oxygen atoms in total. The van der Waals surface area contributed by atoms with Gasteiger partial charge in [0.05, 0.1) is 4.92 Å². The number of nitrogens with zero attached hydrogens (tertiary/aromatic N) is 1. The van der Waals surface area contributed by atoms with Crippen molar-refractivity contribution in [1.82, 2.24) is 0 Å². The quantitative estimate of drug-likeness (QED) is 0.531. The van der Waals surface area contributed by atoms with E-state index in [2.05, 4.69) is 5.32 Å². The minimum Gasteiger partial charge on any atom is -0.322 e. The SMILES string of the molecule is O=C(Nc1ccccc1CCl)c1cccc([N+](=O)[O-])c1. The molecule has 0 spiro atoms. The van der Waals surface area contributed by atoms with E-state index in [9.17, 15) is 14.9 Å². The molecule has 0 fully saturated rings. The summed E-state index contributed by atoms with van der Waals surface area (Å²) >= 11 is 5.79. The van der Waals surface area contributed by atoms with Crippen molar-refractivity contribution < 1.29 is 9.72 Å². The number of non-ortho nitro benzene ring substituents is 1. The Morgan fingerprint density at radius 3 is 2.65 bits per heavy atom. The number of carbonyl (C=O) groups excluding carboxylic acids is 1. The summed E-state index contributed by atoms with van der Waals surface area (Å²) in [5, 5.41) is 13.4. The molecule has 6 heteroatoms. The predicted molar refractivity (Wildman–Crippen MR) is 77.0 cm³/mol. The molecule has 0 atom stereocenters. The second-order valence-electron chi connectivity index (χ2n) is 4.05. The molecule has 0 aliphatic rings. The first-order chi connectivity index (χ1) is 9.61. The number of alkyl halides is 1. The Morgan fingerprint density at radius 2 is 1.95 bits per heavy atom. The van der Waals surface area contributed by atoms with Gasteiger partial charge in [-0.25, -0.2) is 0 Å². The number of hydrogen-bond donors (Lipinski definition) is 1. The minimum atomic E-state index is -0.538. The van der Waals surface area contributed by atoms with Gasteiger partial charge in [0.15, 0.2) is 0 Å². The molecule has 0 saturated heterocycles. The number of nitro benzene ring substituents is 1. The van der Waals surface area contributed by atoms with Gasteiger partial charge < -0.3 is 5.32 Å². The Morgan fingerprint density at radius 1 is 1.20 bits per heavy atom. The highest BCUT2D eigenvalue weighted by Crippen LogP contribution is 2.19. The van der Waals surface area contributed by atoms with Crippen molar-refractivity contribution in [3.05, 3.63) is 69.8 Å². The summed E-state index contributed by atoms with van der Waals surface area (Å²) in [6.07, 6.45) is 0. The van der Waals surface area contributed by atoms with Gasteiger partial charge in [-0.3, -0.25) is 14.9 Å². The first kappa shape index (κ1) is 14.0. The van der Waals surface area contributed by atoms with Gasteiger partial charge >= 0.3 is 0 Å². The Labute approximate surface area is 120 Å². The fourth-order valence-electron chi connectivity index (χ4n) is 1.71. The molecular formula is C14H11ClN2O3. The molecule has 20 heavy (non-hydrogen) atoms. The fraction of sp³-hybridized carbons (Fsp3) is 0.0714. The van der Waals surface area contributed by atoms with Crippen LogP contribution in [-0.4, -0.2) is 10.8 Å². The number of amides is 1. The number of benzene rings is 2. The number of nitrogens with one attached hydrogen (secondary N) is 1. The van der Waals surface area contributed by atoms with Crippen molar-refractivity contribution in [1.29, 1.82) is 0 Å². The molecule has 0 radical (unpaired) electrons. The van der Waals surface area contributed by atoms with Crippen LogP contribution < -0.4 is 5.32 Å². The molecule has 102 valence electrons. The molecular weight excluding hydrogens is 280 g/mol. The standard InChI is InChI=1S/C14H11ClN2O3/c15-9-11-4-1-2-7-13(11)16-14(18)10-5-3-6-12(8-10)17(19)20/h1-8H,9H2,(H,16,18). The molecule has 0 aliphatic heterocycles. The molecule has 1 amide bonds. The first-order valence-corrected chi connectivity index (χ1v) is 6.35. The molecule has 2 aromatic carbocycles. The maximum atomic E-state index is 12.1. The van der Waals surface area contributed by atoms with Gasteiger partial charge in [-0.2, -0.15) is 0 Å². The van der Waals surface area contributed by atoms with Gasteiger partial charge in [-0.15, -0.1) is 11.6 Å². The number of carbonyl (C=O) groups is 1. The zero-order valence-electron chi connectivity index (χ0n) is 10.4. The number of anilines is 1. The van der Waals surface area contributed by atoms with Crippen molar-refractivity contribution >= 4 is 28.9 Å². The molecule has 0 heterocycles. The van der Waals surface area contributed by atoms with Gasteiger partial charge in [-0.1, -0.05) is 24.3 Å². The van der Waals surface area contributed by atoms with E-state index in [1.54, 1.807) is 18.2 Å². The van der Waals surface area contributed by atoms with Gasteiger partial charge in [0.25, 0.3) is 11.6 Å². The third kappa shape index (κ3) is 3.13. The molecule has 1 N–H and O–H groups in total. The van der Waals surface area contributed by atoms with Crippen molar-refractivity contribution in [2.45, 2.75) is 5.88 Å². The van der Waals surface area contributed by atoms with E-state index in [1.165, 1.54) is 24.3 Å². The first-order valence-electron chi connectivity index (χ1n) is 5.81. The summed E-state index contributed by atoms with van der Waals surface area (Å²) in [5.74, 6) is -0.142. The highest BCUT2D eigenvalue weighted by molar-refractivity contribution is 6.17. The van der Waals surface area contributed by atoms with Crippen LogP contribution in [0.3, 0.4) is 0 Å². The van der Waals surface area contributed by atoms with Crippen LogP contribution in [0.2, 0.25) is 0 Å². The van der Waals surface area contributed by atoms with Gasteiger partial charge in [-0.05, 0) is 17.7 Å². The fourth-order valence-corrected chi connectivity index (χ4v) is 1.95. The monoisotopic (exact) mass is 290 g/mol. The van der Waals surface area contributed by atoms with Crippen molar-refractivity contribution in [2.24, 2.45) is 0 Å². The van der Waals surface area contributed by atoms with Crippen LogP contribution in [-0.2, 0) is 5.88 Å². The molecule has 2 rings (SSSR count). The van der Waals surface area contributed by atoms with E-state index in [0.717, 1.165) is 5.56 Å². The van der Waals surface area contributed by atoms with Crippen LogP contribution in [0.1, 0.15) is 15.9 Å². The molecule has 0 aromatic heterocycles. The Bertz CT molecular complexity index is 658. The average molecular weight is 291 g/mol. The van der Waals surface area contributed by atoms with Crippen molar-refractivity contribution in [3.63, 3.8) is 0 Å². The predicted octanol–water partition coefficient (Wildman–Crippen LogP) is 3.59. The summed E-state index contributed by atoms with van der Waals surface area (Å²) in [4.78, 5) is 22.2. The lowest BCUT2D eigenvalue weighted by Gasteiger charge is -2.08. The third-order valence-electron chi connectivity index (χ3n) is 2.73. The highest BCUT2D eigenvalue weighted by atomic mass is 35.5. The summed E-state index contributed by atoms with van der Waals surface area (Å²) in [6.45, 7) is 0. The average Bonchev–Trinajstić information content (AvgIpc) is 2.48. The molecule has 0 saturated carbocycles. The van der Waals surface area contributed by atoms with Gasteiger partial charge in [0.1, 0.15) is 0 Å².